The summed E-state index contributed by atoms with van der Waals surface area (Å²) in [5.41, 5.74) is 4.78. The fourth-order valence-electron chi connectivity index (χ4n) is 2.71. The molecular weight excluding hydrogens is 302 g/mol. The zero-order valence-electron chi connectivity index (χ0n) is 13.8. The van der Waals surface area contributed by atoms with Gasteiger partial charge in [0.1, 0.15) is 5.82 Å². The zero-order valence-corrected chi connectivity index (χ0v) is 13.8. The van der Waals surface area contributed by atoms with Crippen LogP contribution in [0.2, 0.25) is 0 Å². The van der Waals surface area contributed by atoms with Crippen LogP contribution in [-0.2, 0) is 7.05 Å². The molecule has 0 spiro atoms. The van der Waals surface area contributed by atoms with Gasteiger partial charge in [0.15, 0.2) is 0 Å². The zero-order chi connectivity index (χ0) is 16.7. The van der Waals surface area contributed by atoms with E-state index < -0.39 is 0 Å². The maximum absolute atomic E-state index is 5.11. The molecule has 4 aromatic heterocycles. The van der Waals surface area contributed by atoms with E-state index in [1.54, 1.807) is 12.5 Å². The number of rotatable bonds is 3. The quantitative estimate of drug-likeness (QED) is 0.580. The van der Waals surface area contributed by atoms with Crippen molar-refractivity contribution in [2.45, 2.75) is 13.8 Å². The first-order valence-electron chi connectivity index (χ1n) is 7.67. The van der Waals surface area contributed by atoms with Crippen LogP contribution in [0.1, 0.15) is 22.9 Å². The summed E-state index contributed by atoms with van der Waals surface area (Å²) < 4.78 is 9.08. The van der Waals surface area contributed by atoms with Crippen LogP contribution in [0.25, 0.3) is 29.2 Å². The molecule has 0 aliphatic heterocycles. The molecule has 0 aromatic carbocycles. The van der Waals surface area contributed by atoms with Crippen molar-refractivity contribution in [1.82, 2.24) is 23.9 Å². The lowest BCUT2D eigenvalue weighted by Crippen LogP contribution is -1.94. The van der Waals surface area contributed by atoms with Crippen molar-refractivity contribution < 1.29 is 4.42 Å². The molecule has 24 heavy (non-hydrogen) atoms. The Hall–Kier alpha value is -3.15. The van der Waals surface area contributed by atoms with Gasteiger partial charge in [-0.05, 0) is 38.1 Å². The van der Waals surface area contributed by atoms with E-state index >= 15 is 0 Å². The number of imidazole rings is 2. The molecule has 0 saturated carbocycles. The number of aryl methyl sites for hydroxylation is 3. The second-order valence-electron chi connectivity index (χ2n) is 5.82. The maximum Gasteiger partial charge on any atom is 0.234 e. The highest BCUT2D eigenvalue weighted by Crippen LogP contribution is 2.19. The Balaban J connectivity index is 1.67. The minimum atomic E-state index is 0.714. The SMILES string of the molecule is Cc1cc(C)n2cc(/C=C/c3nc(-c4ccoc4)cn3C)nc2n1. The first-order valence-corrected chi connectivity index (χ1v) is 7.67. The second-order valence-corrected chi connectivity index (χ2v) is 5.82. The molecule has 0 aliphatic carbocycles. The summed E-state index contributed by atoms with van der Waals surface area (Å²) in [6.45, 7) is 4.02. The lowest BCUT2D eigenvalue weighted by Gasteiger charge is -1.98. The predicted molar refractivity (Wildman–Crippen MR) is 92.3 cm³/mol. The van der Waals surface area contributed by atoms with Gasteiger partial charge in [-0.3, -0.25) is 4.40 Å². The second kappa shape index (κ2) is 5.49. The largest absolute Gasteiger partial charge is 0.472 e. The first kappa shape index (κ1) is 14.4. The predicted octanol–water partition coefficient (Wildman–Crippen LogP) is 3.51. The van der Waals surface area contributed by atoms with Gasteiger partial charge in [-0.25, -0.2) is 15.0 Å². The van der Waals surface area contributed by atoms with Crippen molar-refractivity contribution in [3.63, 3.8) is 0 Å². The molecule has 4 aromatic rings. The van der Waals surface area contributed by atoms with Crippen molar-refractivity contribution >= 4 is 17.9 Å². The van der Waals surface area contributed by atoms with Crippen molar-refractivity contribution in [1.29, 1.82) is 0 Å². The van der Waals surface area contributed by atoms with E-state index in [1.165, 1.54) is 0 Å². The molecule has 0 N–H and O–H groups in total. The van der Waals surface area contributed by atoms with E-state index in [9.17, 15) is 0 Å². The van der Waals surface area contributed by atoms with E-state index in [1.807, 2.05) is 66.5 Å². The first-order chi connectivity index (χ1) is 11.6. The Bertz CT molecular complexity index is 1040. The van der Waals surface area contributed by atoms with Crippen molar-refractivity contribution in [2.75, 3.05) is 0 Å². The molecule has 0 aliphatic rings. The number of nitrogens with zero attached hydrogens (tertiary/aromatic N) is 5. The average molecular weight is 319 g/mol. The summed E-state index contributed by atoms with van der Waals surface area (Å²) in [5, 5.41) is 0. The number of aromatic nitrogens is 5. The summed E-state index contributed by atoms with van der Waals surface area (Å²) in [6, 6.07) is 3.94. The number of fused-ring (bicyclic) bond motifs is 1. The van der Waals surface area contributed by atoms with Gasteiger partial charge in [0, 0.05) is 36.4 Å². The molecular formula is C18H17N5O. The molecule has 6 heteroatoms. The van der Waals surface area contributed by atoms with Crippen molar-refractivity contribution in [2.24, 2.45) is 7.05 Å². The van der Waals surface area contributed by atoms with Crippen LogP contribution >= 0.6 is 0 Å². The van der Waals surface area contributed by atoms with Gasteiger partial charge in [-0.2, -0.15) is 0 Å². The lowest BCUT2D eigenvalue weighted by molar-refractivity contribution is 0.568. The van der Waals surface area contributed by atoms with Crippen LogP contribution in [0.5, 0.6) is 0 Å². The van der Waals surface area contributed by atoms with Crippen LogP contribution in [0, 0.1) is 13.8 Å². The van der Waals surface area contributed by atoms with E-state index in [2.05, 4.69) is 15.0 Å². The minimum Gasteiger partial charge on any atom is -0.472 e. The van der Waals surface area contributed by atoms with Crippen LogP contribution in [0.3, 0.4) is 0 Å². The summed E-state index contributed by atoms with van der Waals surface area (Å²) in [5.74, 6) is 1.56. The lowest BCUT2D eigenvalue weighted by atomic mass is 10.3. The third-order valence-corrected chi connectivity index (χ3v) is 3.91. The highest BCUT2D eigenvalue weighted by molar-refractivity contribution is 5.68. The third kappa shape index (κ3) is 2.52. The Labute approximate surface area is 139 Å². The minimum absolute atomic E-state index is 0.714. The standard InChI is InChI=1S/C18H17N5O/c1-12-8-13(2)23-9-15(20-18(23)19-12)4-5-17-21-16(10-22(17)3)14-6-7-24-11-14/h4-11H,1-3H3/b5-4+. The summed E-state index contributed by atoms with van der Waals surface area (Å²) in [7, 11) is 1.97. The highest BCUT2D eigenvalue weighted by Gasteiger charge is 2.07. The van der Waals surface area contributed by atoms with Gasteiger partial charge in [-0.1, -0.05) is 0 Å². The Kier molecular flexibility index (Phi) is 3.30. The Morgan fingerprint density at radius 3 is 2.75 bits per heavy atom. The molecule has 0 bridgehead atoms. The van der Waals surface area contributed by atoms with Gasteiger partial charge < -0.3 is 8.98 Å². The van der Waals surface area contributed by atoms with Gasteiger partial charge in [0.2, 0.25) is 5.78 Å². The summed E-state index contributed by atoms with van der Waals surface area (Å²) >= 11 is 0. The molecule has 0 atom stereocenters. The van der Waals surface area contributed by atoms with E-state index in [-0.39, 0.29) is 0 Å². The normalized spacial score (nSPS) is 11.8. The topological polar surface area (TPSA) is 61.2 Å². The summed E-state index contributed by atoms with van der Waals surface area (Å²) in [6.07, 6.45) is 11.2. The maximum atomic E-state index is 5.11. The highest BCUT2D eigenvalue weighted by atomic mass is 16.3. The molecule has 0 amide bonds. The van der Waals surface area contributed by atoms with Gasteiger partial charge in [-0.15, -0.1) is 0 Å². The Morgan fingerprint density at radius 1 is 1.08 bits per heavy atom. The number of furan rings is 1. The molecule has 0 saturated heterocycles. The van der Waals surface area contributed by atoms with E-state index in [0.717, 1.165) is 34.2 Å². The van der Waals surface area contributed by atoms with Crippen LogP contribution < -0.4 is 0 Å². The van der Waals surface area contributed by atoms with Crippen LogP contribution in [0.15, 0.2) is 41.5 Å². The fraction of sp³-hybridized carbons (Fsp3) is 0.167. The fourth-order valence-corrected chi connectivity index (χ4v) is 2.71. The van der Waals surface area contributed by atoms with Crippen LogP contribution in [-0.4, -0.2) is 23.9 Å². The molecule has 120 valence electrons. The number of hydrogen-bond acceptors (Lipinski definition) is 4. The van der Waals surface area contributed by atoms with Gasteiger partial charge >= 0.3 is 0 Å². The molecule has 0 radical (unpaired) electrons. The van der Waals surface area contributed by atoms with Crippen molar-refractivity contribution in [3.8, 4) is 11.3 Å². The molecule has 0 unspecified atom stereocenters. The molecule has 4 rings (SSSR count). The average Bonchev–Trinajstić information content (AvgIpc) is 3.24. The smallest absolute Gasteiger partial charge is 0.234 e. The summed E-state index contributed by atoms with van der Waals surface area (Å²) in [4.78, 5) is 13.6. The number of hydrogen-bond donors (Lipinski definition) is 0. The van der Waals surface area contributed by atoms with E-state index in [0.29, 0.717) is 5.78 Å². The van der Waals surface area contributed by atoms with Crippen molar-refractivity contribution in [3.05, 3.63) is 60.0 Å². The van der Waals surface area contributed by atoms with Gasteiger partial charge in [0.25, 0.3) is 0 Å². The molecule has 6 nitrogen and oxygen atoms in total. The van der Waals surface area contributed by atoms with E-state index in [4.69, 9.17) is 4.42 Å². The monoisotopic (exact) mass is 319 g/mol. The Morgan fingerprint density at radius 2 is 1.96 bits per heavy atom. The molecule has 0 fully saturated rings. The molecule has 4 heterocycles. The van der Waals surface area contributed by atoms with Gasteiger partial charge in [0.05, 0.1) is 23.9 Å². The third-order valence-electron chi connectivity index (χ3n) is 3.91. The van der Waals surface area contributed by atoms with Crippen LogP contribution in [0.4, 0.5) is 0 Å².